The van der Waals surface area contributed by atoms with Crippen LogP contribution in [0.5, 0.6) is 5.75 Å². The number of carbonyl (C=O) groups excluding carboxylic acids is 2. The summed E-state index contributed by atoms with van der Waals surface area (Å²) in [7, 11) is -2.49. The summed E-state index contributed by atoms with van der Waals surface area (Å²) >= 11 is 6.11. The van der Waals surface area contributed by atoms with E-state index in [2.05, 4.69) is 5.32 Å². The Kier molecular flexibility index (Phi) is 9.76. The lowest BCUT2D eigenvalue weighted by Crippen LogP contribution is -2.52. The number of hydrogen-bond donors (Lipinski definition) is 1. The van der Waals surface area contributed by atoms with E-state index in [1.54, 1.807) is 13.0 Å². The van der Waals surface area contributed by atoms with Gasteiger partial charge in [-0.1, -0.05) is 48.4 Å². The van der Waals surface area contributed by atoms with Crippen molar-refractivity contribution in [2.45, 2.75) is 39.8 Å². The van der Waals surface area contributed by atoms with Crippen molar-refractivity contribution in [3.05, 3.63) is 58.6 Å². The predicted octanol–water partition coefficient (Wildman–Crippen LogP) is 3.37. The van der Waals surface area contributed by atoms with Gasteiger partial charge in [-0.05, 0) is 44.0 Å². The number of anilines is 1. The fourth-order valence-corrected chi connectivity index (χ4v) is 4.68. The van der Waals surface area contributed by atoms with Crippen LogP contribution in [0.1, 0.15) is 31.4 Å². The molecule has 0 aliphatic rings. The van der Waals surface area contributed by atoms with E-state index in [-0.39, 0.29) is 23.9 Å². The molecule has 0 fully saturated rings. The molecule has 0 spiro atoms. The summed E-state index contributed by atoms with van der Waals surface area (Å²) in [5.41, 5.74) is 1.99. The predicted molar refractivity (Wildman–Crippen MR) is 135 cm³/mol. The minimum Gasteiger partial charge on any atom is -0.495 e. The highest BCUT2D eigenvalue weighted by Crippen LogP contribution is 2.33. The van der Waals surface area contributed by atoms with E-state index in [0.29, 0.717) is 18.0 Å². The summed E-state index contributed by atoms with van der Waals surface area (Å²) in [5, 5.41) is 3.06. The maximum absolute atomic E-state index is 13.6. The Bertz CT molecular complexity index is 1120. The van der Waals surface area contributed by atoms with Crippen molar-refractivity contribution in [2.75, 3.05) is 30.8 Å². The molecule has 0 unspecified atom stereocenters. The topological polar surface area (TPSA) is 96.0 Å². The van der Waals surface area contributed by atoms with Crippen LogP contribution in [-0.2, 0) is 26.2 Å². The Morgan fingerprint density at radius 1 is 1.15 bits per heavy atom. The number of halogens is 1. The van der Waals surface area contributed by atoms with Gasteiger partial charge < -0.3 is 15.0 Å². The van der Waals surface area contributed by atoms with Gasteiger partial charge in [0, 0.05) is 18.1 Å². The summed E-state index contributed by atoms with van der Waals surface area (Å²) in [6.07, 6.45) is 1.37. The number of hydrogen-bond acceptors (Lipinski definition) is 5. The molecule has 0 aliphatic carbocycles. The van der Waals surface area contributed by atoms with Crippen molar-refractivity contribution < 1.29 is 22.7 Å². The SMILES string of the molecule is CCNC(=O)[C@@H](CC)N(Cc1cccc(C)c1)C(=O)CN(c1cc(Cl)ccc1OC)S(C)(=O)=O. The van der Waals surface area contributed by atoms with Gasteiger partial charge in [-0.3, -0.25) is 13.9 Å². The third kappa shape index (κ3) is 7.11. The molecule has 2 amide bonds. The maximum Gasteiger partial charge on any atom is 0.244 e. The Hall–Kier alpha value is -2.78. The molecule has 0 radical (unpaired) electrons. The Balaban J connectivity index is 2.51. The number of nitrogens with one attached hydrogen (secondary N) is 1. The summed E-state index contributed by atoms with van der Waals surface area (Å²) < 4.78 is 31.7. The van der Waals surface area contributed by atoms with Gasteiger partial charge in [0.15, 0.2) is 0 Å². The molecule has 2 rings (SSSR count). The maximum atomic E-state index is 13.6. The summed E-state index contributed by atoms with van der Waals surface area (Å²) in [6, 6.07) is 11.4. The number of ether oxygens (including phenoxy) is 1. The number of rotatable bonds is 11. The van der Waals surface area contributed by atoms with Gasteiger partial charge in [0.05, 0.1) is 19.1 Å². The number of sulfonamides is 1. The molecule has 0 aliphatic heterocycles. The number of amides is 2. The zero-order valence-corrected chi connectivity index (χ0v) is 21.7. The molecule has 1 atom stereocenters. The number of benzene rings is 2. The van der Waals surface area contributed by atoms with Crippen LogP contribution in [0.2, 0.25) is 5.02 Å². The highest BCUT2D eigenvalue weighted by molar-refractivity contribution is 7.92. The highest BCUT2D eigenvalue weighted by Gasteiger charge is 2.32. The lowest BCUT2D eigenvalue weighted by molar-refractivity contribution is -0.140. The zero-order chi connectivity index (χ0) is 25.5. The van der Waals surface area contributed by atoms with Gasteiger partial charge in [-0.25, -0.2) is 8.42 Å². The first-order chi connectivity index (χ1) is 16.0. The minimum absolute atomic E-state index is 0.146. The molecule has 34 heavy (non-hydrogen) atoms. The molecule has 2 aromatic rings. The number of likely N-dealkylation sites (N-methyl/N-ethyl adjacent to an activating group) is 1. The Morgan fingerprint density at radius 2 is 1.85 bits per heavy atom. The van der Waals surface area contributed by atoms with Gasteiger partial charge in [0.1, 0.15) is 18.3 Å². The first-order valence-electron chi connectivity index (χ1n) is 11.0. The third-order valence-electron chi connectivity index (χ3n) is 5.26. The normalized spacial score (nSPS) is 12.1. The summed E-state index contributed by atoms with van der Waals surface area (Å²) in [6.45, 7) is 5.60. The molecule has 0 aromatic heterocycles. The molecule has 0 saturated carbocycles. The largest absolute Gasteiger partial charge is 0.495 e. The van der Waals surface area contributed by atoms with Crippen molar-refractivity contribution in [1.82, 2.24) is 10.2 Å². The molecular formula is C24H32ClN3O5S. The van der Waals surface area contributed by atoms with Crippen LogP contribution in [0.3, 0.4) is 0 Å². The van der Waals surface area contributed by atoms with Gasteiger partial charge in [-0.2, -0.15) is 0 Å². The fraction of sp³-hybridized carbons (Fsp3) is 0.417. The van der Waals surface area contributed by atoms with Crippen molar-refractivity contribution in [3.63, 3.8) is 0 Å². The first kappa shape index (κ1) is 27.5. The summed E-state index contributed by atoms with van der Waals surface area (Å²) in [5.74, 6) is -0.562. The third-order valence-corrected chi connectivity index (χ3v) is 6.62. The molecule has 2 aromatic carbocycles. The van der Waals surface area contributed by atoms with Crippen LogP contribution in [0.15, 0.2) is 42.5 Å². The molecule has 1 N–H and O–H groups in total. The monoisotopic (exact) mass is 509 g/mol. The number of methoxy groups -OCH3 is 1. The molecule has 10 heteroatoms. The van der Waals surface area contributed by atoms with E-state index in [0.717, 1.165) is 21.7 Å². The molecule has 186 valence electrons. The number of aryl methyl sites for hydroxylation is 1. The van der Waals surface area contributed by atoms with E-state index in [4.69, 9.17) is 16.3 Å². The van der Waals surface area contributed by atoms with Crippen molar-refractivity contribution in [1.29, 1.82) is 0 Å². The molecule has 0 bridgehead atoms. The van der Waals surface area contributed by atoms with Crippen molar-refractivity contribution in [2.24, 2.45) is 0 Å². The van der Waals surface area contributed by atoms with Crippen LogP contribution in [0.4, 0.5) is 5.69 Å². The van der Waals surface area contributed by atoms with Crippen LogP contribution >= 0.6 is 11.6 Å². The minimum atomic E-state index is -3.89. The molecular weight excluding hydrogens is 478 g/mol. The number of carbonyl (C=O) groups is 2. The van der Waals surface area contributed by atoms with E-state index >= 15 is 0 Å². The quantitative estimate of drug-likeness (QED) is 0.501. The van der Waals surface area contributed by atoms with Crippen LogP contribution in [-0.4, -0.2) is 57.6 Å². The molecule has 0 saturated heterocycles. The van der Waals surface area contributed by atoms with E-state index in [9.17, 15) is 18.0 Å². The zero-order valence-electron chi connectivity index (χ0n) is 20.2. The summed E-state index contributed by atoms with van der Waals surface area (Å²) in [4.78, 5) is 27.8. The highest BCUT2D eigenvalue weighted by atomic mass is 35.5. The van der Waals surface area contributed by atoms with Gasteiger partial charge >= 0.3 is 0 Å². The fourth-order valence-electron chi connectivity index (χ4n) is 3.67. The second-order valence-corrected chi connectivity index (χ2v) is 10.3. The van der Waals surface area contributed by atoms with Gasteiger partial charge in [0.2, 0.25) is 21.8 Å². The Morgan fingerprint density at radius 3 is 2.41 bits per heavy atom. The van der Waals surface area contributed by atoms with Gasteiger partial charge in [0.25, 0.3) is 0 Å². The van der Waals surface area contributed by atoms with Crippen LogP contribution < -0.4 is 14.4 Å². The van der Waals surface area contributed by atoms with E-state index in [1.165, 1.54) is 24.1 Å². The smallest absolute Gasteiger partial charge is 0.244 e. The lowest BCUT2D eigenvalue weighted by Gasteiger charge is -2.33. The molecule has 8 nitrogen and oxygen atoms in total. The van der Waals surface area contributed by atoms with Crippen LogP contribution in [0.25, 0.3) is 0 Å². The van der Waals surface area contributed by atoms with Crippen LogP contribution in [0, 0.1) is 6.92 Å². The lowest BCUT2D eigenvalue weighted by atomic mass is 10.1. The van der Waals surface area contributed by atoms with Crippen molar-refractivity contribution >= 4 is 39.1 Å². The number of nitrogens with zero attached hydrogens (tertiary/aromatic N) is 2. The second-order valence-electron chi connectivity index (χ2n) is 7.92. The Labute approximate surface area is 206 Å². The average molecular weight is 510 g/mol. The van der Waals surface area contributed by atoms with E-state index in [1.807, 2.05) is 38.1 Å². The standard InChI is InChI=1S/C24H32ClN3O5S/c1-6-20(24(30)26-7-2)27(15-18-10-8-9-17(3)13-18)23(29)16-28(34(5,31)32)21-14-19(25)11-12-22(21)33-4/h8-14,20H,6-7,15-16H2,1-5H3,(H,26,30)/t20-/m1/s1. The first-order valence-corrected chi connectivity index (χ1v) is 13.2. The average Bonchev–Trinajstić information content (AvgIpc) is 2.76. The molecule has 0 heterocycles. The van der Waals surface area contributed by atoms with E-state index < -0.39 is 28.5 Å². The van der Waals surface area contributed by atoms with Gasteiger partial charge in [-0.15, -0.1) is 0 Å². The van der Waals surface area contributed by atoms with Crippen molar-refractivity contribution in [3.8, 4) is 5.75 Å². The second kappa shape index (κ2) is 12.1.